The highest BCUT2D eigenvalue weighted by atomic mass is 19.3. The number of aryl methyl sites for hydroxylation is 2. The van der Waals surface area contributed by atoms with Crippen molar-refractivity contribution in [1.29, 1.82) is 0 Å². The van der Waals surface area contributed by atoms with Crippen molar-refractivity contribution in [2.45, 2.75) is 64.9 Å². The van der Waals surface area contributed by atoms with Crippen LogP contribution in [-0.2, 0) is 17.6 Å². The number of benzene rings is 1. The van der Waals surface area contributed by atoms with Crippen molar-refractivity contribution in [3.8, 4) is 22.9 Å². The number of carbonyl (C=O) groups is 1. The summed E-state index contributed by atoms with van der Waals surface area (Å²) in [6.07, 6.45) is 5.56. The smallest absolute Gasteiger partial charge is 0.306 e. The Morgan fingerprint density at radius 3 is 2.61 bits per heavy atom. The molecule has 202 valence electrons. The number of fused-ring (bicyclic) bond motifs is 1. The molecule has 3 aromatic rings. The van der Waals surface area contributed by atoms with E-state index in [4.69, 9.17) is 9.47 Å². The number of aromatic nitrogens is 3. The summed E-state index contributed by atoms with van der Waals surface area (Å²) in [5, 5.41) is 9.18. The molecular weight excluding hydrogens is 499 g/mol. The summed E-state index contributed by atoms with van der Waals surface area (Å²) in [7, 11) is 0. The topological polar surface area (TPSA) is 94.4 Å². The van der Waals surface area contributed by atoms with Crippen LogP contribution in [0, 0.1) is 18.7 Å². The second kappa shape index (κ2) is 12.2. The van der Waals surface area contributed by atoms with Gasteiger partial charge in [-0.15, -0.1) is 0 Å². The lowest BCUT2D eigenvalue weighted by Crippen LogP contribution is -2.19. The van der Waals surface area contributed by atoms with E-state index in [1.54, 1.807) is 13.8 Å². The fraction of sp³-hybridized carbons (Fsp3) is 0.429. The normalized spacial score (nSPS) is 16.5. The molecule has 1 fully saturated rings. The van der Waals surface area contributed by atoms with E-state index in [-0.39, 0.29) is 23.2 Å². The van der Waals surface area contributed by atoms with E-state index in [1.165, 1.54) is 31.5 Å². The van der Waals surface area contributed by atoms with E-state index < -0.39 is 30.7 Å². The first-order chi connectivity index (χ1) is 18.2. The molecule has 10 heteroatoms. The predicted octanol–water partition coefficient (Wildman–Crippen LogP) is 6.13. The van der Waals surface area contributed by atoms with E-state index >= 15 is 0 Å². The summed E-state index contributed by atoms with van der Waals surface area (Å²) < 4.78 is 50.3. The maximum absolute atomic E-state index is 14.4. The minimum absolute atomic E-state index is 0.0403. The van der Waals surface area contributed by atoms with Crippen molar-refractivity contribution in [1.82, 2.24) is 15.0 Å². The van der Waals surface area contributed by atoms with Gasteiger partial charge in [0.2, 0.25) is 5.88 Å². The molecular formula is C28H30F3N3O4. The minimum atomic E-state index is -2.68. The lowest BCUT2D eigenvalue weighted by atomic mass is 9.95. The Kier molecular flexibility index (Phi) is 8.81. The second-order valence-electron chi connectivity index (χ2n) is 9.52. The molecule has 2 atom stereocenters. The highest BCUT2D eigenvalue weighted by Crippen LogP contribution is 2.36. The number of pyridine rings is 1. The third kappa shape index (κ3) is 7.20. The number of carboxylic acids is 1. The third-order valence-corrected chi connectivity index (χ3v) is 6.15. The van der Waals surface area contributed by atoms with Gasteiger partial charge in [0, 0.05) is 11.6 Å². The molecule has 2 aliphatic rings. The molecule has 0 amide bonds. The van der Waals surface area contributed by atoms with Crippen molar-refractivity contribution in [3.05, 3.63) is 65.0 Å². The first-order valence-corrected chi connectivity index (χ1v) is 12.6. The summed E-state index contributed by atoms with van der Waals surface area (Å²) in [5.74, 6) is -1.50. The van der Waals surface area contributed by atoms with Crippen molar-refractivity contribution >= 4 is 5.97 Å². The van der Waals surface area contributed by atoms with Gasteiger partial charge in [-0.1, -0.05) is 38.3 Å². The van der Waals surface area contributed by atoms with Gasteiger partial charge in [0.25, 0.3) is 6.43 Å². The van der Waals surface area contributed by atoms with Gasteiger partial charge in [-0.3, -0.25) is 9.78 Å². The zero-order chi connectivity index (χ0) is 27.2. The molecule has 1 N–H and O–H groups in total. The van der Waals surface area contributed by atoms with Crippen LogP contribution < -0.4 is 9.47 Å². The summed E-state index contributed by atoms with van der Waals surface area (Å²) >= 11 is 0. The molecule has 1 aliphatic heterocycles. The van der Waals surface area contributed by atoms with Crippen LogP contribution in [0.1, 0.15) is 61.2 Å². The van der Waals surface area contributed by atoms with Crippen LogP contribution in [0.15, 0.2) is 36.7 Å². The standard InChI is InChI=1S/C25H24F3N3O4.C3H6/c1-13(25(32)33)7-15-3-4-16-5-6-20(35-21(16)8-15)24-14(2)31-19(11-30-24)17-9-23(29-10-18(17)26)34-12-22(27)28;1-2-3-1/h3-4,8-11,13,20,22H,5-7,12H2,1-2H3,(H,32,33);1-3H2. The van der Waals surface area contributed by atoms with Gasteiger partial charge in [-0.05, 0) is 43.4 Å². The molecule has 0 saturated heterocycles. The number of carboxylic acid groups (broad SMARTS) is 1. The van der Waals surface area contributed by atoms with Gasteiger partial charge < -0.3 is 14.6 Å². The maximum Gasteiger partial charge on any atom is 0.306 e. The van der Waals surface area contributed by atoms with Crippen molar-refractivity contribution in [3.63, 3.8) is 0 Å². The number of aliphatic carboxylic acids is 1. The molecule has 0 bridgehead atoms. The van der Waals surface area contributed by atoms with Gasteiger partial charge in [0.1, 0.15) is 17.5 Å². The van der Waals surface area contributed by atoms with E-state index in [0.29, 0.717) is 30.0 Å². The van der Waals surface area contributed by atoms with Crippen LogP contribution in [0.4, 0.5) is 13.2 Å². The minimum Gasteiger partial charge on any atom is -0.484 e. The van der Waals surface area contributed by atoms with E-state index in [2.05, 4.69) is 15.0 Å². The zero-order valence-electron chi connectivity index (χ0n) is 21.3. The van der Waals surface area contributed by atoms with Crippen molar-refractivity contribution < 1.29 is 32.5 Å². The lowest BCUT2D eigenvalue weighted by molar-refractivity contribution is -0.141. The lowest BCUT2D eigenvalue weighted by Gasteiger charge is -2.27. The number of nitrogens with zero attached hydrogens (tertiary/aromatic N) is 3. The van der Waals surface area contributed by atoms with Gasteiger partial charge in [-0.25, -0.2) is 23.1 Å². The van der Waals surface area contributed by atoms with Crippen molar-refractivity contribution in [2.75, 3.05) is 6.61 Å². The number of ether oxygens (including phenoxy) is 2. The zero-order valence-corrected chi connectivity index (χ0v) is 21.3. The van der Waals surface area contributed by atoms with Gasteiger partial charge >= 0.3 is 5.97 Å². The van der Waals surface area contributed by atoms with E-state index in [0.717, 1.165) is 23.7 Å². The Hall–Kier alpha value is -3.69. The highest BCUT2D eigenvalue weighted by molar-refractivity contribution is 5.70. The number of hydrogen-bond acceptors (Lipinski definition) is 6. The average molecular weight is 530 g/mol. The first-order valence-electron chi connectivity index (χ1n) is 12.6. The monoisotopic (exact) mass is 529 g/mol. The molecule has 2 unspecified atom stereocenters. The Balaban J connectivity index is 0.00000105. The predicted molar refractivity (Wildman–Crippen MR) is 134 cm³/mol. The summed E-state index contributed by atoms with van der Waals surface area (Å²) in [6, 6.07) is 6.96. The number of hydrogen-bond donors (Lipinski definition) is 1. The van der Waals surface area contributed by atoms with Crippen LogP contribution >= 0.6 is 0 Å². The Bertz CT molecular complexity index is 1280. The van der Waals surface area contributed by atoms with Crippen molar-refractivity contribution in [2.24, 2.45) is 5.92 Å². The summed E-state index contributed by atoms with van der Waals surface area (Å²) in [6.45, 7) is 2.55. The average Bonchev–Trinajstić information content (AvgIpc) is 3.77. The molecule has 1 aliphatic carbocycles. The molecule has 1 aromatic carbocycles. The number of rotatable bonds is 8. The van der Waals surface area contributed by atoms with Gasteiger partial charge in [-0.2, -0.15) is 0 Å². The number of alkyl halides is 2. The first kappa shape index (κ1) is 27.3. The molecule has 38 heavy (non-hydrogen) atoms. The van der Waals surface area contributed by atoms with E-state index in [9.17, 15) is 23.1 Å². The highest BCUT2D eigenvalue weighted by Gasteiger charge is 2.26. The molecule has 7 nitrogen and oxygen atoms in total. The van der Waals surface area contributed by atoms with Gasteiger partial charge in [0.15, 0.2) is 12.4 Å². The Morgan fingerprint density at radius 2 is 1.95 bits per heavy atom. The molecule has 3 heterocycles. The molecule has 0 spiro atoms. The summed E-state index contributed by atoms with van der Waals surface area (Å²) in [5.41, 5.74) is 3.30. The van der Waals surface area contributed by atoms with Crippen LogP contribution in [-0.4, -0.2) is 39.1 Å². The van der Waals surface area contributed by atoms with Crippen LogP contribution in [0.5, 0.6) is 11.6 Å². The maximum atomic E-state index is 14.4. The second-order valence-corrected chi connectivity index (χ2v) is 9.52. The molecule has 1 saturated carbocycles. The fourth-order valence-corrected chi connectivity index (χ4v) is 3.95. The molecule has 0 radical (unpaired) electrons. The fourth-order valence-electron chi connectivity index (χ4n) is 3.95. The summed E-state index contributed by atoms with van der Waals surface area (Å²) in [4.78, 5) is 23.8. The third-order valence-electron chi connectivity index (χ3n) is 6.15. The van der Waals surface area contributed by atoms with Crippen LogP contribution in [0.3, 0.4) is 0 Å². The largest absolute Gasteiger partial charge is 0.484 e. The number of halogens is 3. The quantitative estimate of drug-likeness (QED) is 0.375. The Morgan fingerprint density at radius 1 is 1.18 bits per heavy atom. The molecule has 5 rings (SSSR count). The van der Waals surface area contributed by atoms with Gasteiger partial charge in [0.05, 0.1) is 29.7 Å². The Labute approximate surface area is 219 Å². The van der Waals surface area contributed by atoms with E-state index in [1.807, 2.05) is 18.2 Å². The SMILES string of the molecule is C1CC1.Cc1nc(-c2cc(OCC(F)F)ncc2F)cnc1C1CCc2ccc(CC(C)C(=O)O)cc2O1. The van der Waals surface area contributed by atoms with Crippen LogP contribution in [0.2, 0.25) is 0 Å². The van der Waals surface area contributed by atoms with Crippen LogP contribution in [0.25, 0.3) is 11.3 Å². The molecule has 2 aromatic heterocycles.